The lowest BCUT2D eigenvalue weighted by molar-refractivity contribution is -0.127. The number of carbonyl (C=O) groups is 1. The van der Waals surface area contributed by atoms with E-state index in [9.17, 15) is 4.79 Å². The van der Waals surface area contributed by atoms with Gasteiger partial charge in [-0.15, -0.1) is 10.2 Å². The van der Waals surface area contributed by atoms with Crippen molar-refractivity contribution < 1.29 is 13.9 Å². The third kappa shape index (κ3) is 5.88. The summed E-state index contributed by atoms with van der Waals surface area (Å²) in [5, 5.41) is 10.0. The number of benzene rings is 2. The molecular weight excluding hydrogens is 472 g/mol. The first kappa shape index (κ1) is 24.1. The Morgan fingerprint density at radius 2 is 1.82 bits per heavy atom. The first-order valence-electron chi connectivity index (χ1n) is 10.7. The van der Waals surface area contributed by atoms with Crippen molar-refractivity contribution in [3.8, 4) is 22.7 Å². The average Bonchev–Trinajstić information content (AvgIpc) is 3.49. The van der Waals surface area contributed by atoms with Gasteiger partial charge < -0.3 is 14.1 Å². The van der Waals surface area contributed by atoms with E-state index in [1.807, 2.05) is 71.3 Å². The van der Waals surface area contributed by atoms with Crippen molar-refractivity contribution in [3.63, 3.8) is 0 Å². The Labute approximate surface area is 207 Å². The number of halogens is 1. The molecule has 1 amide bonds. The van der Waals surface area contributed by atoms with Gasteiger partial charge in [-0.1, -0.05) is 53.7 Å². The second kappa shape index (κ2) is 11.4. The summed E-state index contributed by atoms with van der Waals surface area (Å²) in [6.45, 7) is 1.49. The fraction of sp³-hybridized carbons (Fsp3) is 0.240. The van der Waals surface area contributed by atoms with Crippen LogP contribution in [-0.4, -0.2) is 52.1 Å². The van der Waals surface area contributed by atoms with Crippen LogP contribution in [0.3, 0.4) is 0 Å². The Balaban J connectivity index is 1.39. The van der Waals surface area contributed by atoms with Gasteiger partial charge >= 0.3 is 0 Å². The molecule has 0 atom stereocenters. The zero-order valence-corrected chi connectivity index (χ0v) is 20.6. The highest BCUT2D eigenvalue weighted by atomic mass is 35.5. The molecule has 0 radical (unpaired) electrons. The fourth-order valence-corrected chi connectivity index (χ4v) is 4.40. The van der Waals surface area contributed by atoms with Crippen molar-refractivity contribution in [3.05, 3.63) is 77.5 Å². The number of nitrogens with zero attached hydrogens (tertiary/aromatic N) is 4. The second-order valence-corrected chi connectivity index (χ2v) is 9.01. The van der Waals surface area contributed by atoms with E-state index < -0.39 is 0 Å². The van der Waals surface area contributed by atoms with E-state index in [2.05, 4.69) is 10.2 Å². The molecule has 0 saturated carbocycles. The zero-order chi connectivity index (χ0) is 23.9. The summed E-state index contributed by atoms with van der Waals surface area (Å²) in [4.78, 5) is 14.4. The number of hydrogen-bond acceptors (Lipinski definition) is 6. The van der Waals surface area contributed by atoms with Crippen molar-refractivity contribution in [2.45, 2.75) is 18.2 Å². The van der Waals surface area contributed by atoms with Gasteiger partial charge in [-0.2, -0.15) is 0 Å². The molecule has 34 heavy (non-hydrogen) atoms. The minimum Gasteiger partial charge on any atom is -0.459 e. The zero-order valence-electron chi connectivity index (χ0n) is 19.0. The molecule has 2 aromatic carbocycles. The lowest BCUT2D eigenvalue weighted by atomic mass is 10.2. The third-order valence-electron chi connectivity index (χ3n) is 5.20. The maximum absolute atomic E-state index is 12.8. The standard InChI is InChI=1S/C25H25ClN4O3S/c1-29(16-21-12-13-22(33-21)18-8-10-20(26)11-9-18)23(31)17-34-25-28-27-24(30(25)14-15-32-2)19-6-4-3-5-7-19/h3-13H,14-17H2,1-2H3. The summed E-state index contributed by atoms with van der Waals surface area (Å²) in [6.07, 6.45) is 0. The van der Waals surface area contributed by atoms with Crippen LogP contribution in [0.15, 0.2) is 76.3 Å². The highest BCUT2D eigenvalue weighted by molar-refractivity contribution is 7.99. The molecule has 2 aromatic heterocycles. The van der Waals surface area contributed by atoms with Gasteiger partial charge in [0, 0.05) is 30.3 Å². The molecule has 0 bridgehead atoms. The number of thioether (sulfide) groups is 1. The van der Waals surface area contributed by atoms with Crippen LogP contribution in [0, 0.1) is 0 Å². The quantitative estimate of drug-likeness (QED) is 0.279. The molecule has 176 valence electrons. The number of carbonyl (C=O) groups excluding carboxylic acids is 1. The van der Waals surface area contributed by atoms with Crippen LogP contribution in [0.4, 0.5) is 0 Å². The Morgan fingerprint density at radius 3 is 2.56 bits per heavy atom. The topological polar surface area (TPSA) is 73.4 Å². The lowest BCUT2D eigenvalue weighted by Gasteiger charge is -2.15. The predicted octanol–water partition coefficient (Wildman–Crippen LogP) is 5.26. The molecule has 0 aliphatic rings. The second-order valence-electron chi connectivity index (χ2n) is 7.63. The van der Waals surface area contributed by atoms with Gasteiger partial charge in [0.1, 0.15) is 11.5 Å². The largest absolute Gasteiger partial charge is 0.459 e. The van der Waals surface area contributed by atoms with Crippen molar-refractivity contribution in [2.75, 3.05) is 26.5 Å². The minimum absolute atomic E-state index is 0.0306. The van der Waals surface area contributed by atoms with Gasteiger partial charge in [-0.3, -0.25) is 9.36 Å². The van der Waals surface area contributed by atoms with Gasteiger partial charge in [-0.05, 0) is 36.4 Å². The Bertz CT molecular complexity index is 1220. The molecule has 4 rings (SSSR count). The summed E-state index contributed by atoms with van der Waals surface area (Å²) in [6, 6.07) is 21.1. The molecule has 0 spiro atoms. The third-order valence-corrected chi connectivity index (χ3v) is 6.41. The monoisotopic (exact) mass is 496 g/mol. The SMILES string of the molecule is COCCn1c(SCC(=O)N(C)Cc2ccc(-c3ccc(Cl)cc3)o2)nnc1-c1ccccc1. The van der Waals surface area contributed by atoms with E-state index in [1.165, 1.54) is 11.8 Å². The summed E-state index contributed by atoms with van der Waals surface area (Å²) in [7, 11) is 3.42. The van der Waals surface area contributed by atoms with Crippen molar-refractivity contribution in [2.24, 2.45) is 0 Å². The number of methoxy groups -OCH3 is 1. The number of aromatic nitrogens is 3. The number of hydrogen-bond donors (Lipinski definition) is 0. The van der Waals surface area contributed by atoms with Gasteiger partial charge in [0.15, 0.2) is 11.0 Å². The van der Waals surface area contributed by atoms with Crippen LogP contribution in [0.2, 0.25) is 5.02 Å². The number of ether oxygens (including phenoxy) is 1. The molecule has 9 heteroatoms. The van der Waals surface area contributed by atoms with Gasteiger partial charge in [0.05, 0.1) is 25.4 Å². The van der Waals surface area contributed by atoms with Crippen LogP contribution >= 0.6 is 23.4 Å². The van der Waals surface area contributed by atoms with E-state index in [4.69, 9.17) is 20.8 Å². The summed E-state index contributed by atoms with van der Waals surface area (Å²) in [5.41, 5.74) is 1.90. The number of rotatable bonds is 10. The maximum atomic E-state index is 12.8. The average molecular weight is 497 g/mol. The molecule has 0 aliphatic carbocycles. The summed E-state index contributed by atoms with van der Waals surface area (Å²) in [5.74, 6) is 2.41. The van der Waals surface area contributed by atoms with E-state index in [-0.39, 0.29) is 11.7 Å². The number of furan rings is 1. The van der Waals surface area contributed by atoms with E-state index in [0.29, 0.717) is 35.6 Å². The van der Waals surface area contributed by atoms with Gasteiger partial charge in [-0.25, -0.2) is 0 Å². The Kier molecular flexibility index (Phi) is 8.05. The van der Waals surface area contributed by atoms with Crippen LogP contribution in [0.1, 0.15) is 5.76 Å². The lowest BCUT2D eigenvalue weighted by Crippen LogP contribution is -2.27. The molecule has 4 aromatic rings. The van der Waals surface area contributed by atoms with Gasteiger partial charge in [0.2, 0.25) is 5.91 Å². The molecule has 0 saturated heterocycles. The molecule has 0 N–H and O–H groups in total. The first-order chi connectivity index (χ1) is 16.5. The van der Waals surface area contributed by atoms with Crippen molar-refractivity contribution in [1.82, 2.24) is 19.7 Å². The maximum Gasteiger partial charge on any atom is 0.233 e. The van der Waals surface area contributed by atoms with Crippen LogP contribution in [0.5, 0.6) is 0 Å². The predicted molar refractivity (Wildman–Crippen MR) is 134 cm³/mol. The molecule has 2 heterocycles. The minimum atomic E-state index is -0.0306. The molecule has 0 unspecified atom stereocenters. The van der Waals surface area contributed by atoms with Crippen LogP contribution in [-0.2, 0) is 22.6 Å². The highest BCUT2D eigenvalue weighted by Gasteiger charge is 2.18. The normalized spacial score (nSPS) is 11.0. The van der Waals surface area contributed by atoms with Gasteiger partial charge in [0.25, 0.3) is 0 Å². The fourth-order valence-electron chi connectivity index (χ4n) is 3.37. The summed E-state index contributed by atoms with van der Waals surface area (Å²) >= 11 is 7.32. The van der Waals surface area contributed by atoms with Crippen molar-refractivity contribution >= 4 is 29.3 Å². The van der Waals surface area contributed by atoms with E-state index in [1.54, 1.807) is 19.1 Å². The molecule has 0 aliphatic heterocycles. The highest BCUT2D eigenvalue weighted by Crippen LogP contribution is 2.26. The molecule has 0 fully saturated rings. The first-order valence-corrected chi connectivity index (χ1v) is 12.1. The number of amides is 1. The summed E-state index contributed by atoms with van der Waals surface area (Å²) < 4.78 is 13.2. The Hall–Kier alpha value is -3.07. The van der Waals surface area contributed by atoms with Crippen LogP contribution < -0.4 is 0 Å². The Morgan fingerprint density at radius 1 is 1.06 bits per heavy atom. The van der Waals surface area contributed by atoms with E-state index >= 15 is 0 Å². The van der Waals surface area contributed by atoms with Crippen molar-refractivity contribution in [1.29, 1.82) is 0 Å². The van der Waals surface area contributed by atoms with E-state index in [0.717, 1.165) is 22.7 Å². The van der Waals surface area contributed by atoms with Crippen LogP contribution in [0.25, 0.3) is 22.7 Å². The molecule has 7 nitrogen and oxygen atoms in total. The smallest absolute Gasteiger partial charge is 0.233 e. The molecular formula is C25H25ClN4O3S.